The third kappa shape index (κ3) is 3.51. The summed E-state index contributed by atoms with van der Waals surface area (Å²) in [6.45, 7) is 2.34. The van der Waals surface area contributed by atoms with Crippen LogP contribution in [0, 0.1) is 0 Å². The first-order chi connectivity index (χ1) is 9.20. The third-order valence-electron chi connectivity index (χ3n) is 2.94. The van der Waals surface area contributed by atoms with Crippen LogP contribution in [0.2, 0.25) is 0 Å². The second-order valence-electron chi connectivity index (χ2n) is 4.19. The lowest BCUT2D eigenvalue weighted by Crippen LogP contribution is -2.43. The number of amides is 1. The van der Waals surface area contributed by atoms with Gasteiger partial charge < -0.3 is 24.8 Å². The maximum absolute atomic E-state index is 11.9. The van der Waals surface area contributed by atoms with E-state index in [0.29, 0.717) is 43.5 Å². The molecule has 6 nitrogen and oxygen atoms in total. The monoisotopic (exact) mass is 266 g/mol. The van der Waals surface area contributed by atoms with E-state index in [2.05, 4.69) is 0 Å². The molecule has 0 saturated carbocycles. The predicted molar refractivity (Wildman–Crippen MR) is 70.3 cm³/mol. The molecule has 19 heavy (non-hydrogen) atoms. The zero-order valence-corrected chi connectivity index (χ0v) is 10.9. The molecule has 104 valence electrons. The van der Waals surface area contributed by atoms with Crippen LogP contribution in [0.5, 0.6) is 11.5 Å². The van der Waals surface area contributed by atoms with Gasteiger partial charge in [0, 0.05) is 19.2 Å². The number of carbonyl (C=O) groups is 1. The van der Waals surface area contributed by atoms with Crippen LogP contribution in [0.15, 0.2) is 18.2 Å². The standard InChI is InChI=1S/C13H18N2O4/c1-17-10-2-3-11(14)12(8-10)19-9-13(16)15-4-6-18-7-5-15/h2-3,8H,4-7,9,14H2,1H3. The van der Waals surface area contributed by atoms with E-state index in [-0.39, 0.29) is 12.5 Å². The Morgan fingerprint density at radius 1 is 1.42 bits per heavy atom. The van der Waals surface area contributed by atoms with Gasteiger partial charge in [-0.1, -0.05) is 0 Å². The number of benzene rings is 1. The van der Waals surface area contributed by atoms with E-state index in [4.69, 9.17) is 19.9 Å². The summed E-state index contributed by atoms with van der Waals surface area (Å²) in [5.74, 6) is 1.04. The van der Waals surface area contributed by atoms with Gasteiger partial charge in [-0.2, -0.15) is 0 Å². The zero-order chi connectivity index (χ0) is 13.7. The summed E-state index contributed by atoms with van der Waals surface area (Å²) >= 11 is 0. The molecule has 1 amide bonds. The van der Waals surface area contributed by atoms with E-state index in [1.165, 1.54) is 0 Å². The number of rotatable bonds is 4. The third-order valence-corrected chi connectivity index (χ3v) is 2.94. The van der Waals surface area contributed by atoms with Crippen molar-refractivity contribution >= 4 is 11.6 Å². The van der Waals surface area contributed by atoms with E-state index in [9.17, 15) is 4.79 Å². The average molecular weight is 266 g/mol. The van der Waals surface area contributed by atoms with E-state index in [1.807, 2.05) is 0 Å². The van der Waals surface area contributed by atoms with Crippen molar-refractivity contribution in [3.8, 4) is 11.5 Å². The van der Waals surface area contributed by atoms with Crippen LogP contribution in [-0.2, 0) is 9.53 Å². The lowest BCUT2D eigenvalue weighted by atomic mass is 10.3. The summed E-state index contributed by atoms with van der Waals surface area (Å²) in [6, 6.07) is 5.10. The average Bonchev–Trinajstić information content (AvgIpc) is 2.47. The van der Waals surface area contributed by atoms with Crippen molar-refractivity contribution < 1.29 is 19.0 Å². The van der Waals surface area contributed by atoms with Crippen LogP contribution in [-0.4, -0.2) is 50.8 Å². The van der Waals surface area contributed by atoms with Gasteiger partial charge in [-0.05, 0) is 12.1 Å². The van der Waals surface area contributed by atoms with E-state index < -0.39 is 0 Å². The molecule has 0 aromatic heterocycles. The number of anilines is 1. The van der Waals surface area contributed by atoms with Gasteiger partial charge in [0.05, 0.1) is 26.0 Å². The maximum Gasteiger partial charge on any atom is 0.260 e. The minimum atomic E-state index is -0.0643. The summed E-state index contributed by atoms with van der Waals surface area (Å²) in [5, 5.41) is 0. The Balaban J connectivity index is 1.92. The van der Waals surface area contributed by atoms with Crippen LogP contribution >= 0.6 is 0 Å². The van der Waals surface area contributed by atoms with Crippen LogP contribution in [0.3, 0.4) is 0 Å². The zero-order valence-electron chi connectivity index (χ0n) is 10.9. The first kappa shape index (κ1) is 13.5. The number of carbonyl (C=O) groups excluding carboxylic acids is 1. The normalized spacial score (nSPS) is 15.1. The Labute approximate surface area is 112 Å². The lowest BCUT2D eigenvalue weighted by Gasteiger charge is -2.26. The number of ether oxygens (including phenoxy) is 3. The molecule has 6 heteroatoms. The molecule has 1 aromatic rings. The maximum atomic E-state index is 11.9. The van der Waals surface area contributed by atoms with Gasteiger partial charge in [0.15, 0.2) is 6.61 Å². The van der Waals surface area contributed by atoms with Crippen LogP contribution in [0.1, 0.15) is 0 Å². The molecule has 1 aromatic carbocycles. The van der Waals surface area contributed by atoms with E-state index in [1.54, 1.807) is 30.2 Å². The number of morpholine rings is 1. The van der Waals surface area contributed by atoms with Crippen LogP contribution in [0.4, 0.5) is 5.69 Å². The number of hydrogen-bond acceptors (Lipinski definition) is 5. The summed E-state index contributed by atoms with van der Waals surface area (Å²) in [5.41, 5.74) is 6.27. The highest BCUT2D eigenvalue weighted by molar-refractivity contribution is 5.78. The molecular weight excluding hydrogens is 248 g/mol. The van der Waals surface area contributed by atoms with Crippen LogP contribution < -0.4 is 15.2 Å². The molecule has 0 radical (unpaired) electrons. The van der Waals surface area contributed by atoms with Gasteiger partial charge in [0.2, 0.25) is 0 Å². The topological polar surface area (TPSA) is 74.0 Å². The summed E-state index contributed by atoms with van der Waals surface area (Å²) in [4.78, 5) is 13.6. The molecule has 2 rings (SSSR count). The van der Waals surface area contributed by atoms with Gasteiger partial charge in [0.1, 0.15) is 11.5 Å². The van der Waals surface area contributed by atoms with Gasteiger partial charge in [0.25, 0.3) is 5.91 Å². The molecule has 1 aliphatic rings. The molecule has 1 saturated heterocycles. The molecule has 0 spiro atoms. The van der Waals surface area contributed by atoms with Gasteiger partial charge in [-0.25, -0.2) is 0 Å². The fraction of sp³-hybridized carbons (Fsp3) is 0.462. The minimum Gasteiger partial charge on any atom is -0.497 e. The second kappa shape index (κ2) is 6.29. The van der Waals surface area contributed by atoms with Crippen molar-refractivity contribution in [2.24, 2.45) is 0 Å². The predicted octanol–water partition coefficient (Wildman–Crippen LogP) is 0.515. The SMILES string of the molecule is COc1ccc(N)c(OCC(=O)N2CCOCC2)c1. The highest BCUT2D eigenvalue weighted by Gasteiger charge is 2.17. The van der Waals surface area contributed by atoms with Crippen molar-refractivity contribution in [3.63, 3.8) is 0 Å². The number of nitrogen functional groups attached to an aromatic ring is 1. The molecular formula is C13H18N2O4. The fourth-order valence-electron chi connectivity index (χ4n) is 1.81. The highest BCUT2D eigenvalue weighted by atomic mass is 16.5. The number of nitrogens with zero attached hydrogens (tertiary/aromatic N) is 1. The molecule has 0 bridgehead atoms. The van der Waals surface area contributed by atoms with Crippen molar-refractivity contribution in [2.45, 2.75) is 0 Å². The Bertz CT molecular complexity index is 444. The minimum absolute atomic E-state index is 0.0304. The van der Waals surface area contributed by atoms with Gasteiger partial charge >= 0.3 is 0 Å². The first-order valence-corrected chi connectivity index (χ1v) is 6.12. The molecule has 0 unspecified atom stereocenters. The smallest absolute Gasteiger partial charge is 0.260 e. The quantitative estimate of drug-likeness (QED) is 0.804. The first-order valence-electron chi connectivity index (χ1n) is 6.12. The molecule has 0 aliphatic carbocycles. The van der Waals surface area contributed by atoms with Gasteiger partial charge in [-0.15, -0.1) is 0 Å². The number of methoxy groups -OCH3 is 1. The summed E-state index contributed by atoms with van der Waals surface area (Å²) in [7, 11) is 1.56. The molecule has 1 heterocycles. The molecule has 1 fully saturated rings. The van der Waals surface area contributed by atoms with Crippen molar-refractivity contribution in [1.82, 2.24) is 4.90 Å². The Morgan fingerprint density at radius 3 is 2.84 bits per heavy atom. The Kier molecular flexibility index (Phi) is 4.46. The molecule has 2 N–H and O–H groups in total. The second-order valence-corrected chi connectivity index (χ2v) is 4.19. The van der Waals surface area contributed by atoms with Crippen molar-refractivity contribution in [1.29, 1.82) is 0 Å². The summed E-state index contributed by atoms with van der Waals surface area (Å²) in [6.07, 6.45) is 0. The number of nitrogens with two attached hydrogens (primary N) is 1. The molecule has 1 aliphatic heterocycles. The fourth-order valence-corrected chi connectivity index (χ4v) is 1.81. The van der Waals surface area contributed by atoms with Crippen molar-refractivity contribution in [2.75, 3.05) is 45.8 Å². The highest BCUT2D eigenvalue weighted by Crippen LogP contribution is 2.26. The number of hydrogen-bond donors (Lipinski definition) is 1. The van der Waals surface area contributed by atoms with E-state index >= 15 is 0 Å². The van der Waals surface area contributed by atoms with E-state index in [0.717, 1.165) is 0 Å². The summed E-state index contributed by atoms with van der Waals surface area (Å²) < 4.78 is 15.7. The largest absolute Gasteiger partial charge is 0.497 e. The lowest BCUT2D eigenvalue weighted by molar-refractivity contribution is -0.137. The van der Waals surface area contributed by atoms with Gasteiger partial charge in [-0.3, -0.25) is 4.79 Å². The van der Waals surface area contributed by atoms with Crippen molar-refractivity contribution in [3.05, 3.63) is 18.2 Å². The Hall–Kier alpha value is -1.95. The Morgan fingerprint density at radius 2 is 2.16 bits per heavy atom. The molecule has 0 atom stereocenters. The van der Waals surface area contributed by atoms with Crippen LogP contribution in [0.25, 0.3) is 0 Å².